The van der Waals surface area contributed by atoms with E-state index in [1.165, 1.54) is 18.2 Å². The summed E-state index contributed by atoms with van der Waals surface area (Å²) < 4.78 is 0. The van der Waals surface area contributed by atoms with Crippen LogP contribution in [-0.4, -0.2) is 27.9 Å². The Bertz CT molecular complexity index is 937. The highest BCUT2D eigenvalue weighted by Crippen LogP contribution is 2.30. The summed E-state index contributed by atoms with van der Waals surface area (Å²) in [7, 11) is 0. The fourth-order valence-corrected chi connectivity index (χ4v) is 2.89. The Hall–Kier alpha value is -3.55. The lowest BCUT2D eigenvalue weighted by Crippen LogP contribution is -2.39. The third kappa shape index (κ3) is 4.17. The zero-order valence-electron chi connectivity index (χ0n) is 14.9. The lowest BCUT2D eigenvalue weighted by Gasteiger charge is -2.29. The second-order valence-electron chi connectivity index (χ2n) is 6.92. The summed E-state index contributed by atoms with van der Waals surface area (Å²) in [4.78, 5) is 23.8. The predicted octanol–water partition coefficient (Wildman–Crippen LogP) is 2.99. The number of hydrazone groups is 1. The van der Waals surface area contributed by atoms with Crippen molar-refractivity contribution in [3.05, 3.63) is 48.0 Å². The maximum absolute atomic E-state index is 12.2. The predicted molar refractivity (Wildman–Crippen MR) is 102 cm³/mol. The summed E-state index contributed by atoms with van der Waals surface area (Å²) in [5.41, 5.74) is 4.47. The Balaban J connectivity index is 1.75. The molecule has 0 bridgehead atoms. The average Bonchev–Trinajstić information content (AvgIpc) is 2.57. The van der Waals surface area contributed by atoms with Crippen molar-refractivity contribution in [2.24, 2.45) is 10.5 Å². The van der Waals surface area contributed by atoms with Gasteiger partial charge in [0.25, 0.3) is 0 Å². The molecular formula is C19H20N4O4. The first-order valence-electron chi connectivity index (χ1n) is 8.32. The Kier molecular flexibility index (Phi) is 4.72. The zero-order chi connectivity index (χ0) is 19.6. The Morgan fingerprint density at radius 3 is 2.44 bits per heavy atom. The summed E-state index contributed by atoms with van der Waals surface area (Å²) in [5, 5.41) is 28.2. The van der Waals surface area contributed by atoms with E-state index in [-0.39, 0.29) is 17.4 Å². The van der Waals surface area contributed by atoms with E-state index in [0.717, 1.165) is 11.3 Å². The summed E-state index contributed by atoms with van der Waals surface area (Å²) in [5.74, 6) is -0.722. The van der Waals surface area contributed by atoms with Crippen LogP contribution in [0.2, 0.25) is 0 Å². The Labute approximate surface area is 155 Å². The molecule has 0 fully saturated rings. The van der Waals surface area contributed by atoms with Crippen molar-refractivity contribution in [3.63, 3.8) is 0 Å². The van der Waals surface area contributed by atoms with Crippen LogP contribution in [0.5, 0.6) is 11.5 Å². The average molecular weight is 368 g/mol. The van der Waals surface area contributed by atoms with Crippen LogP contribution >= 0.6 is 0 Å². The van der Waals surface area contributed by atoms with E-state index < -0.39 is 11.4 Å². The highest BCUT2D eigenvalue weighted by molar-refractivity contribution is 6.09. The van der Waals surface area contributed by atoms with Crippen molar-refractivity contribution >= 4 is 29.0 Å². The molecule has 0 atom stereocenters. The number of anilines is 2. The molecule has 3 rings (SSSR count). The number of phenols is 2. The second kappa shape index (κ2) is 6.99. The van der Waals surface area contributed by atoms with Crippen molar-refractivity contribution in [1.82, 2.24) is 5.43 Å². The summed E-state index contributed by atoms with van der Waals surface area (Å²) in [6.07, 6.45) is 0.328. The number of hydrogen-bond acceptors (Lipinski definition) is 5. The largest absolute Gasteiger partial charge is 0.504 e. The van der Waals surface area contributed by atoms with Gasteiger partial charge in [0.05, 0.1) is 5.71 Å². The first kappa shape index (κ1) is 18.2. The van der Waals surface area contributed by atoms with Crippen LogP contribution in [0, 0.1) is 5.41 Å². The molecule has 0 saturated carbocycles. The van der Waals surface area contributed by atoms with Crippen molar-refractivity contribution in [2.45, 2.75) is 20.3 Å². The normalized spacial score (nSPS) is 15.5. The molecule has 1 aliphatic rings. The quantitative estimate of drug-likeness (QED) is 0.422. The number of rotatable bonds is 3. The molecule has 27 heavy (non-hydrogen) atoms. The van der Waals surface area contributed by atoms with E-state index in [1.54, 1.807) is 18.2 Å². The topological polar surface area (TPSA) is 123 Å². The molecule has 1 heterocycles. The summed E-state index contributed by atoms with van der Waals surface area (Å²) in [6, 6.07) is 10.6. The molecule has 0 aromatic heterocycles. The minimum atomic E-state index is -0.504. The fourth-order valence-electron chi connectivity index (χ4n) is 2.89. The highest BCUT2D eigenvalue weighted by atomic mass is 16.3. The number of nitrogens with zero attached hydrogens (tertiary/aromatic N) is 1. The number of urea groups is 1. The minimum absolute atomic E-state index is 0.130. The number of nitrogens with one attached hydrogen (secondary N) is 3. The molecule has 0 radical (unpaired) electrons. The van der Waals surface area contributed by atoms with Crippen molar-refractivity contribution < 1.29 is 19.8 Å². The number of hydrogen-bond donors (Lipinski definition) is 5. The molecule has 8 nitrogen and oxygen atoms in total. The Morgan fingerprint density at radius 1 is 1.07 bits per heavy atom. The van der Waals surface area contributed by atoms with Gasteiger partial charge in [0.15, 0.2) is 11.5 Å². The minimum Gasteiger partial charge on any atom is -0.504 e. The van der Waals surface area contributed by atoms with Crippen molar-refractivity contribution in [1.29, 1.82) is 0 Å². The van der Waals surface area contributed by atoms with E-state index in [9.17, 15) is 19.8 Å². The van der Waals surface area contributed by atoms with Gasteiger partial charge in [-0.15, -0.1) is 0 Å². The number of phenolic OH excluding ortho intramolecular Hbond substituents is 2. The molecule has 140 valence electrons. The number of aromatic hydroxyl groups is 2. The molecule has 0 aliphatic carbocycles. The molecule has 5 N–H and O–H groups in total. The lowest BCUT2D eigenvalue weighted by molar-refractivity contribution is -0.122. The van der Waals surface area contributed by atoms with Gasteiger partial charge in [-0.3, -0.25) is 4.79 Å². The van der Waals surface area contributed by atoms with Crippen LogP contribution in [0.15, 0.2) is 47.6 Å². The number of carbonyl (C=O) groups excluding carboxylic acids is 2. The van der Waals surface area contributed by atoms with E-state index in [2.05, 4.69) is 21.2 Å². The lowest BCUT2D eigenvalue weighted by atomic mass is 9.79. The van der Waals surface area contributed by atoms with Crippen LogP contribution in [0.4, 0.5) is 16.2 Å². The smallest absolute Gasteiger partial charge is 0.323 e. The first-order chi connectivity index (χ1) is 12.7. The number of amides is 3. The van der Waals surface area contributed by atoms with Gasteiger partial charge >= 0.3 is 6.03 Å². The van der Waals surface area contributed by atoms with E-state index >= 15 is 0 Å². The van der Waals surface area contributed by atoms with Gasteiger partial charge in [-0.05, 0) is 24.3 Å². The molecule has 2 aromatic carbocycles. The van der Waals surface area contributed by atoms with Crippen molar-refractivity contribution in [2.75, 3.05) is 10.6 Å². The summed E-state index contributed by atoms with van der Waals surface area (Å²) >= 11 is 0. The molecule has 0 unspecified atom stereocenters. The van der Waals surface area contributed by atoms with E-state index in [4.69, 9.17) is 0 Å². The van der Waals surface area contributed by atoms with Gasteiger partial charge in [-0.1, -0.05) is 26.0 Å². The molecule has 0 spiro atoms. The third-order valence-electron chi connectivity index (χ3n) is 4.16. The maximum atomic E-state index is 12.2. The molecule has 8 heteroatoms. The maximum Gasteiger partial charge on any atom is 0.323 e. The van der Waals surface area contributed by atoms with Crippen LogP contribution < -0.4 is 16.1 Å². The van der Waals surface area contributed by atoms with Crippen LogP contribution in [0.25, 0.3) is 0 Å². The molecule has 2 aromatic rings. The van der Waals surface area contributed by atoms with E-state index in [1.807, 2.05) is 19.9 Å². The standard InChI is InChI=1S/C19H20N4O4/c1-19(2)10-16(26)22-23-17(19)11-4-3-5-12(8-11)20-18(27)21-13-6-7-14(24)15(25)9-13/h3-9,24-25H,10H2,1-2H3,(H,22,26)(H2,20,21,27). The first-order valence-corrected chi connectivity index (χ1v) is 8.32. The Morgan fingerprint density at radius 2 is 1.78 bits per heavy atom. The van der Waals surface area contributed by atoms with Gasteiger partial charge in [0.1, 0.15) is 0 Å². The van der Waals surface area contributed by atoms with Gasteiger partial charge in [0.2, 0.25) is 5.91 Å². The molecule has 3 amide bonds. The van der Waals surface area contributed by atoms with E-state index in [0.29, 0.717) is 17.8 Å². The van der Waals surface area contributed by atoms with Gasteiger partial charge in [-0.25, -0.2) is 10.2 Å². The SMILES string of the molecule is CC1(C)CC(=O)NN=C1c1cccc(NC(=O)Nc2ccc(O)c(O)c2)c1. The molecular weight excluding hydrogens is 348 g/mol. The van der Waals surface area contributed by atoms with Gasteiger partial charge < -0.3 is 20.8 Å². The van der Waals surface area contributed by atoms with Crippen LogP contribution in [-0.2, 0) is 4.79 Å². The van der Waals surface area contributed by atoms with Crippen LogP contribution in [0.3, 0.4) is 0 Å². The third-order valence-corrected chi connectivity index (χ3v) is 4.16. The second-order valence-corrected chi connectivity index (χ2v) is 6.92. The molecule has 1 aliphatic heterocycles. The highest BCUT2D eigenvalue weighted by Gasteiger charge is 2.33. The number of benzene rings is 2. The monoisotopic (exact) mass is 368 g/mol. The summed E-state index contributed by atoms with van der Waals surface area (Å²) in [6.45, 7) is 3.88. The fraction of sp³-hybridized carbons (Fsp3) is 0.211. The number of carbonyl (C=O) groups is 2. The van der Waals surface area contributed by atoms with Crippen LogP contribution in [0.1, 0.15) is 25.8 Å². The van der Waals surface area contributed by atoms with Crippen molar-refractivity contribution in [3.8, 4) is 11.5 Å². The zero-order valence-corrected chi connectivity index (χ0v) is 14.9. The van der Waals surface area contributed by atoms with Gasteiger partial charge in [0, 0.05) is 34.8 Å². The van der Waals surface area contributed by atoms with Gasteiger partial charge in [-0.2, -0.15) is 5.10 Å². The molecule has 0 saturated heterocycles.